The number of rotatable bonds is 9. The molecule has 1 aromatic carbocycles. The molecule has 2 heterocycles. The van der Waals surface area contributed by atoms with Gasteiger partial charge in [0.25, 0.3) is 0 Å². The van der Waals surface area contributed by atoms with E-state index >= 15 is 0 Å². The van der Waals surface area contributed by atoms with Gasteiger partial charge in [0.05, 0.1) is 26.5 Å². The Bertz CT molecular complexity index is 973. The summed E-state index contributed by atoms with van der Waals surface area (Å²) in [6.45, 7) is 2.39. The molecule has 1 aromatic heterocycles. The average Bonchev–Trinajstić information content (AvgIpc) is 3.13. The summed E-state index contributed by atoms with van der Waals surface area (Å²) < 4.78 is 10.6. The lowest BCUT2D eigenvalue weighted by Crippen LogP contribution is -2.40. The van der Waals surface area contributed by atoms with E-state index in [0.717, 1.165) is 54.8 Å². The molecule has 1 aliphatic carbocycles. The highest BCUT2D eigenvalue weighted by Gasteiger charge is 2.27. The van der Waals surface area contributed by atoms with E-state index in [1.54, 1.807) is 14.2 Å². The van der Waals surface area contributed by atoms with Crippen molar-refractivity contribution in [2.75, 3.05) is 39.2 Å². The number of fused-ring (bicyclic) bond motifs is 1. The highest BCUT2D eigenvalue weighted by molar-refractivity contribution is 7.15. The van der Waals surface area contributed by atoms with E-state index in [0.29, 0.717) is 36.3 Å². The Morgan fingerprint density at radius 3 is 2.75 bits per heavy atom. The van der Waals surface area contributed by atoms with Crippen LogP contribution in [0, 0.1) is 5.92 Å². The number of hydrogen-bond donors (Lipinski definition) is 2. The van der Waals surface area contributed by atoms with Crippen LogP contribution >= 0.6 is 11.3 Å². The first-order chi connectivity index (χ1) is 15.6. The number of nitrogens with one attached hydrogen (secondary N) is 2. The second kappa shape index (κ2) is 10.3. The Balaban J connectivity index is 1.22. The Labute approximate surface area is 192 Å². The first kappa shape index (κ1) is 22.5. The topological polar surface area (TPSA) is 92.8 Å². The molecule has 0 saturated heterocycles. The predicted molar refractivity (Wildman–Crippen MR) is 123 cm³/mol. The summed E-state index contributed by atoms with van der Waals surface area (Å²) in [6, 6.07) is 5.78. The average molecular weight is 459 g/mol. The standard InChI is InChI=1S/C23H30N4O4S/c1-30-18-7-6-15(12-19(18)31-2)8-10-24-21(28)14-27-11-9-17-20(13-27)32-23(25-17)26-22(29)16-4-3-5-16/h6-7,12,16H,3-5,8-11,13-14H2,1-2H3,(H,24,28)(H,25,26,29). The predicted octanol–water partition coefficient (Wildman–Crippen LogP) is 2.62. The van der Waals surface area contributed by atoms with Crippen LogP contribution in [0.15, 0.2) is 18.2 Å². The molecule has 0 radical (unpaired) electrons. The van der Waals surface area contributed by atoms with Crippen LogP contribution in [0.25, 0.3) is 0 Å². The van der Waals surface area contributed by atoms with Gasteiger partial charge in [-0.2, -0.15) is 0 Å². The van der Waals surface area contributed by atoms with Crippen molar-refractivity contribution in [3.05, 3.63) is 34.3 Å². The van der Waals surface area contributed by atoms with E-state index in [1.807, 2.05) is 18.2 Å². The van der Waals surface area contributed by atoms with Crippen LogP contribution in [0.5, 0.6) is 11.5 Å². The number of nitrogens with zero attached hydrogens (tertiary/aromatic N) is 2. The van der Waals surface area contributed by atoms with Gasteiger partial charge in [-0.3, -0.25) is 14.5 Å². The van der Waals surface area contributed by atoms with Crippen LogP contribution < -0.4 is 20.1 Å². The quantitative estimate of drug-likeness (QED) is 0.600. The molecule has 9 heteroatoms. The minimum Gasteiger partial charge on any atom is -0.493 e. The van der Waals surface area contributed by atoms with Crippen LogP contribution in [-0.4, -0.2) is 55.6 Å². The van der Waals surface area contributed by atoms with Gasteiger partial charge in [-0.25, -0.2) is 4.98 Å². The summed E-state index contributed by atoms with van der Waals surface area (Å²) in [7, 11) is 3.22. The second-order valence-electron chi connectivity index (χ2n) is 8.26. The molecule has 2 aromatic rings. The van der Waals surface area contributed by atoms with Crippen molar-refractivity contribution in [3.63, 3.8) is 0 Å². The zero-order chi connectivity index (χ0) is 22.5. The smallest absolute Gasteiger partial charge is 0.234 e. The largest absolute Gasteiger partial charge is 0.493 e. The molecule has 32 heavy (non-hydrogen) atoms. The minimum absolute atomic E-state index is 0.0111. The molecule has 2 N–H and O–H groups in total. The number of carbonyl (C=O) groups is 2. The molecule has 0 bridgehead atoms. The van der Waals surface area contributed by atoms with Crippen molar-refractivity contribution in [1.29, 1.82) is 0 Å². The Morgan fingerprint density at radius 2 is 2.03 bits per heavy atom. The molecule has 0 unspecified atom stereocenters. The Kier molecular flexibility index (Phi) is 7.26. The zero-order valence-corrected chi connectivity index (χ0v) is 19.4. The van der Waals surface area contributed by atoms with Gasteiger partial charge < -0.3 is 20.1 Å². The molecule has 0 atom stereocenters. The number of aromatic nitrogens is 1. The lowest BCUT2D eigenvalue weighted by Gasteiger charge is -2.25. The van der Waals surface area contributed by atoms with Gasteiger partial charge in [0.1, 0.15) is 0 Å². The van der Waals surface area contributed by atoms with Crippen molar-refractivity contribution in [2.24, 2.45) is 5.92 Å². The SMILES string of the molecule is COc1ccc(CCNC(=O)CN2CCc3nc(NC(=O)C4CCC4)sc3C2)cc1OC. The summed E-state index contributed by atoms with van der Waals surface area (Å²) in [6.07, 6.45) is 4.61. The highest BCUT2D eigenvalue weighted by atomic mass is 32.1. The number of amides is 2. The molecule has 172 valence electrons. The van der Waals surface area contributed by atoms with E-state index in [1.165, 1.54) is 11.3 Å². The fraction of sp³-hybridized carbons (Fsp3) is 0.522. The van der Waals surface area contributed by atoms with Crippen LogP contribution in [0.3, 0.4) is 0 Å². The van der Waals surface area contributed by atoms with Gasteiger partial charge in [0.2, 0.25) is 11.8 Å². The molecule has 2 aliphatic rings. The fourth-order valence-corrected chi connectivity index (χ4v) is 5.01. The molecule has 2 amide bonds. The number of hydrogen-bond acceptors (Lipinski definition) is 7. The maximum atomic E-state index is 12.4. The molecule has 1 aliphatic heterocycles. The van der Waals surface area contributed by atoms with Crippen molar-refractivity contribution in [1.82, 2.24) is 15.2 Å². The maximum absolute atomic E-state index is 12.4. The number of benzene rings is 1. The number of thiazole rings is 1. The van der Waals surface area contributed by atoms with Crippen LogP contribution in [0.2, 0.25) is 0 Å². The third kappa shape index (κ3) is 5.39. The Morgan fingerprint density at radius 1 is 1.22 bits per heavy atom. The summed E-state index contributed by atoms with van der Waals surface area (Å²) >= 11 is 1.53. The Hall–Kier alpha value is -2.65. The monoisotopic (exact) mass is 458 g/mol. The van der Waals surface area contributed by atoms with Gasteiger partial charge in [-0.15, -0.1) is 11.3 Å². The summed E-state index contributed by atoms with van der Waals surface area (Å²) in [5, 5.41) is 6.66. The molecule has 1 saturated carbocycles. The van der Waals surface area contributed by atoms with Gasteiger partial charge in [0.15, 0.2) is 16.6 Å². The molecule has 1 fully saturated rings. The molecular formula is C23H30N4O4S. The summed E-state index contributed by atoms with van der Waals surface area (Å²) in [5.74, 6) is 1.63. The first-order valence-corrected chi connectivity index (χ1v) is 11.9. The van der Waals surface area contributed by atoms with Crippen molar-refractivity contribution in [3.8, 4) is 11.5 Å². The van der Waals surface area contributed by atoms with Gasteiger partial charge in [0, 0.05) is 36.9 Å². The van der Waals surface area contributed by atoms with Crippen molar-refractivity contribution in [2.45, 2.75) is 38.6 Å². The number of anilines is 1. The fourth-order valence-electron chi connectivity index (χ4n) is 3.96. The second-order valence-corrected chi connectivity index (χ2v) is 9.34. The first-order valence-electron chi connectivity index (χ1n) is 11.0. The van der Waals surface area contributed by atoms with E-state index in [2.05, 4.69) is 20.5 Å². The molecule has 8 nitrogen and oxygen atoms in total. The number of ether oxygens (including phenoxy) is 2. The summed E-state index contributed by atoms with van der Waals surface area (Å²) in [5.41, 5.74) is 2.12. The minimum atomic E-state index is 0.0111. The molecular weight excluding hydrogens is 428 g/mol. The van der Waals surface area contributed by atoms with Crippen molar-refractivity contribution >= 4 is 28.3 Å². The lowest BCUT2D eigenvalue weighted by atomic mass is 9.85. The van der Waals surface area contributed by atoms with E-state index in [9.17, 15) is 9.59 Å². The van der Waals surface area contributed by atoms with Gasteiger partial charge in [-0.05, 0) is 37.0 Å². The molecule has 4 rings (SSSR count). The highest BCUT2D eigenvalue weighted by Crippen LogP contribution is 2.31. The third-order valence-electron chi connectivity index (χ3n) is 6.07. The van der Waals surface area contributed by atoms with Gasteiger partial charge in [-0.1, -0.05) is 12.5 Å². The zero-order valence-electron chi connectivity index (χ0n) is 18.6. The van der Waals surface area contributed by atoms with Crippen LogP contribution in [0.4, 0.5) is 5.13 Å². The third-order valence-corrected chi connectivity index (χ3v) is 7.07. The van der Waals surface area contributed by atoms with E-state index in [4.69, 9.17) is 9.47 Å². The van der Waals surface area contributed by atoms with E-state index in [-0.39, 0.29) is 17.7 Å². The number of methoxy groups -OCH3 is 2. The summed E-state index contributed by atoms with van der Waals surface area (Å²) in [4.78, 5) is 32.5. The lowest BCUT2D eigenvalue weighted by molar-refractivity contribution is -0.123. The maximum Gasteiger partial charge on any atom is 0.234 e. The van der Waals surface area contributed by atoms with E-state index < -0.39 is 0 Å². The van der Waals surface area contributed by atoms with Gasteiger partial charge >= 0.3 is 0 Å². The van der Waals surface area contributed by atoms with Crippen molar-refractivity contribution < 1.29 is 19.1 Å². The molecule has 0 spiro atoms. The van der Waals surface area contributed by atoms with Crippen LogP contribution in [0.1, 0.15) is 35.4 Å². The van der Waals surface area contributed by atoms with Crippen LogP contribution in [-0.2, 0) is 29.0 Å². The number of carbonyl (C=O) groups excluding carboxylic acids is 2. The normalized spacial score (nSPS) is 16.1.